The van der Waals surface area contributed by atoms with Crippen LogP contribution in [-0.4, -0.2) is 11.2 Å². The molecule has 0 aromatic heterocycles. The van der Waals surface area contributed by atoms with Gasteiger partial charge in [-0.05, 0) is 29.7 Å². The molecular weight excluding hydrogens is 314 g/mol. The van der Waals surface area contributed by atoms with Gasteiger partial charge in [0.1, 0.15) is 0 Å². The van der Waals surface area contributed by atoms with Crippen molar-refractivity contribution in [3.63, 3.8) is 0 Å². The Morgan fingerprint density at radius 1 is 0.950 bits per heavy atom. The van der Waals surface area contributed by atoms with Gasteiger partial charge in [0.15, 0.2) is 0 Å². The van der Waals surface area contributed by atoms with Crippen LogP contribution in [0.5, 0.6) is 0 Å². The maximum Gasteiger partial charge on any atom is 0.256 e. The summed E-state index contributed by atoms with van der Waals surface area (Å²) in [6.07, 6.45) is 3.11. The molecule has 3 heteroatoms. The SMILES string of the molecule is O=C1Nc2ccccc2C(=CCCBr)c2ccccc21. The van der Waals surface area contributed by atoms with Crippen molar-refractivity contribution in [2.24, 2.45) is 0 Å². The molecule has 1 amide bonds. The second-order valence-corrected chi connectivity index (χ2v) is 5.43. The average Bonchev–Trinajstić information content (AvgIpc) is 2.60. The van der Waals surface area contributed by atoms with Crippen LogP contribution in [0.4, 0.5) is 5.69 Å². The van der Waals surface area contributed by atoms with E-state index >= 15 is 0 Å². The summed E-state index contributed by atoms with van der Waals surface area (Å²) < 4.78 is 0. The summed E-state index contributed by atoms with van der Waals surface area (Å²) in [5.74, 6) is -0.0460. The maximum atomic E-state index is 12.3. The summed E-state index contributed by atoms with van der Waals surface area (Å²) in [5, 5.41) is 3.90. The molecule has 0 saturated carbocycles. The van der Waals surface area contributed by atoms with Crippen LogP contribution in [0.2, 0.25) is 0 Å². The lowest BCUT2D eigenvalue weighted by Crippen LogP contribution is -2.11. The Morgan fingerprint density at radius 2 is 1.60 bits per heavy atom. The van der Waals surface area contributed by atoms with E-state index < -0.39 is 0 Å². The number of halogens is 1. The van der Waals surface area contributed by atoms with E-state index in [2.05, 4.69) is 33.4 Å². The third kappa shape index (κ3) is 2.29. The zero-order valence-corrected chi connectivity index (χ0v) is 12.5. The molecule has 3 rings (SSSR count). The number of para-hydroxylation sites is 1. The van der Waals surface area contributed by atoms with Crippen molar-refractivity contribution in [2.45, 2.75) is 6.42 Å². The minimum Gasteiger partial charge on any atom is -0.321 e. The average molecular weight is 328 g/mol. The molecule has 0 radical (unpaired) electrons. The quantitative estimate of drug-likeness (QED) is 0.810. The molecule has 0 unspecified atom stereocenters. The van der Waals surface area contributed by atoms with E-state index in [0.717, 1.165) is 39.7 Å². The number of amides is 1. The maximum absolute atomic E-state index is 12.3. The molecule has 2 aromatic rings. The number of hydrogen-bond acceptors (Lipinski definition) is 1. The van der Waals surface area contributed by atoms with E-state index in [0.29, 0.717) is 0 Å². The number of hydrogen-bond donors (Lipinski definition) is 1. The zero-order chi connectivity index (χ0) is 13.9. The Morgan fingerprint density at radius 3 is 2.35 bits per heavy atom. The summed E-state index contributed by atoms with van der Waals surface area (Å²) in [5.41, 5.74) is 4.79. The molecule has 0 fully saturated rings. The number of carbonyl (C=O) groups excluding carboxylic acids is 1. The highest BCUT2D eigenvalue weighted by molar-refractivity contribution is 9.09. The number of allylic oxidation sites excluding steroid dienone is 1. The summed E-state index contributed by atoms with van der Waals surface area (Å²) >= 11 is 3.46. The first kappa shape index (κ1) is 13.1. The Hall–Kier alpha value is -1.87. The third-order valence-corrected chi connectivity index (χ3v) is 3.84. The van der Waals surface area contributed by atoms with Crippen molar-refractivity contribution in [1.29, 1.82) is 0 Å². The van der Waals surface area contributed by atoms with Crippen LogP contribution in [0.25, 0.3) is 5.57 Å². The van der Waals surface area contributed by atoms with Crippen LogP contribution in [0.3, 0.4) is 0 Å². The molecule has 0 atom stereocenters. The van der Waals surface area contributed by atoms with Gasteiger partial charge in [0.2, 0.25) is 0 Å². The first-order chi connectivity index (χ1) is 9.81. The van der Waals surface area contributed by atoms with E-state index in [1.807, 2.05) is 42.5 Å². The number of anilines is 1. The molecule has 0 aliphatic carbocycles. The van der Waals surface area contributed by atoms with Crippen molar-refractivity contribution >= 4 is 33.1 Å². The van der Waals surface area contributed by atoms with E-state index in [-0.39, 0.29) is 5.91 Å². The summed E-state index contributed by atoms with van der Waals surface area (Å²) in [4.78, 5) is 12.3. The largest absolute Gasteiger partial charge is 0.321 e. The lowest BCUT2D eigenvalue weighted by atomic mass is 9.93. The van der Waals surface area contributed by atoms with Crippen LogP contribution in [-0.2, 0) is 0 Å². The topological polar surface area (TPSA) is 29.1 Å². The normalized spacial score (nSPS) is 15.2. The highest BCUT2D eigenvalue weighted by Gasteiger charge is 2.21. The number of fused-ring (bicyclic) bond motifs is 2. The lowest BCUT2D eigenvalue weighted by Gasteiger charge is -2.10. The predicted octanol–water partition coefficient (Wildman–Crippen LogP) is 4.47. The number of nitrogens with one attached hydrogen (secondary N) is 1. The van der Waals surface area contributed by atoms with Gasteiger partial charge in [-0.3, -0.25) is 4.79 Å². The number of alkyl halides is 1. The minimum absolute atomic E-state index is 0.0460. The van der Waals surface area contributed by atoms with Gasteiger partial charge in [0, 0.05) is 22.1 Å². The first-order valence-electron chi connectivity index (χ1n) is 6.57. The molecule has 0 spiro atoms. The van der Waals surface area contributed by atoms with Gasteiger partial charge in [0.25, 0.3) is 5.91 Å². The third-order valence-electron chi connectivity index (χ3n) is 3.38. The number of benzene rings is 2. The summed E-state index contributed by atoms with van der Waals surface area (Å²) in [6.45, 7) is 0. The van der Waals surface area contributed by atoms with Crippen molar-refractivity contribution in [2.75, 3.05) is 10.6 Å². The second-order valence-electron chi connectivity index (χ2n) is 4.64. The molecule has 20 heavy (non-hydrogen) atoms. The highest BCUT2D eigenvalue weighted by atomic mass is 79.9. The van der Waals surface area contributed by atoms with E-state index in [4.69, 9.17) is 0 Å². The molecule has 2 aromatic carbocycles. The molecular formula is C17H14BrNO. The molecule has 1 N–H and O–H groups in total. The van der Waals surface area contributed by atoms with E-state index in [1.165, 1.54) is 0 Å². The van der Waals surface area contributed by atoms with Crippen molar-refractivity contribution in [3.8, 4) is 0 Å². The van der Waals surface area contributed by atoms with Gasteiger partial charge in [0.05, 0.1) is 0 Å². The molecule has 0 bridgehead atoms. The van der Waals surface area contributed by atoms with Gasteiger partial charge >= 0.3 is 0 Å². The minimum atomic E-state index is -0.0460. The fourth-order valence-corrected chi connectivity index (χ4v) is 2.73. The Kier molecular flexibility index (Phi) is 3.70. The van der Waals surface area contributed by atoms with Crippen molar-refractivity contribution in [1.82, 2.24) is 0 Å². The van der Waals surface area contributed by atoms with E-state index in [1.54, 1.807) is 0 Å². The van der Waals surface area contributed by atoms with E-state index in [9.17, 15) is 4.79 Å². The van der Waals surface area contributed by atoms with Gasteiger partial charge in [-0.1, -0.05) is 58.4 Å². The lowest BCUT2D eigenvalue weighted by molar-refractivity contribution is 0.102. The van der Waals surface area contributed by atoms with Gasteiger partial charge < -0.3 is 5.32 Å². The Bertz CT molecular complexity index is 691. The highest BCUT2D eigenvalue weighted by Crippen LogP contribution is 2.35. The summed E-state index contributed by atoms with van der Waals surface area (Å²) in [7, 11) is 0. The summed E-state index contributed by atoms with van der Waals surface area (Å²) in [6, 6.07) is 15.7. The van der Waals surface area contributed by atoms with Gasteiger partial charge in [-0.2, -0.15) is 0 Å². The molecule has 2 nitrogen and oxygen atoms in total. The fraction of sp³-hybridized carbons (Fsp3) is 0.118. The second kappa shape index (κ2) is 5.63. The van der Waals surface area contributed by atoms with Crippen LogP contribution >= 0.6 is 15.9 Å². The predicted molar refractivity (Wildman–Crippen MR) is 86.3 cm³/mol. The van der Waals surface area contributed by atoms with Crippen molar-refractivity contribution in [3.05, 3.63) is 71.3 Å². The zero-order valence-electron chi connectivity index (χ0n) is 10.9. The van der Waals surface area contributed by atoms with Crippen molar-refractivity contribution < 1.29 is 4.79 Å². The Balaban J connectivity index is 2.26. The number of rotatable bonds is 2. The molecule has 0 saturated heterocycles. The van der Waals surface area contributed by atoms with Crippen LogP contribution in [0, 0.1) is 0 Å². The number of carbonyl (C=O) groups is 1. The fourth-order valence-electron chi connectivity index (χ4n) is 2.50. The monoisotopic (exact) mass is 327 g/mol. The van der Waals surface area contributed by atoms with Gasteiger partial charge in [-0.25, -0.2) is 0 Å². The standard InChI is InChI=1S/C17H14BrNO/c18-11-5-9-12-13-6-1-2-8-15(13)17(20)19-16-10-4-3-7-14(12)16/h1-4,6-10H,5,11H2,(H,19,20). The van der Waals surface area contributed by atoms with Crippen LogP contribution < -0.4 is 5.32 Å². The molecule has 1 aliphatic heterocycles. The smallest absolute Gasteiger partial charge is 0.256 e. The first-order valence-corrected chi connectivity index (χ1v) is 7.69. The molecule has 1 heterocycles. The van der Waals surface area contributed by atoms with Crippen LogP contribution in [0.1, 0.15) is 27.9 Å². The molecule has 100 valence electrons. The molecule has 1 aliphatic rings. The van der Waals surface area contributed by atoms with Crippen LogP contribution in [0.15, 0.2) is 54.6 Å². The van der Waals surface area contributed by atoms with Gasteiger partial charge in [-0.15, -0.1) is 0 Å². The Labute approximate surface area is 126 Å².